The van der Waals surface area contributed by atoms with Gasteiger partial charge in [-0.1, -0.05) is 12.8 Å². The number of hydrogen-bond donors (Lipinski definition) is 0. The van der Waals surface area contributed by atoms with Crippen LogP contribution in [0.1, 0.15) is 65.7 Å². The van der Waals surface area contributed by atoms with E-state index in [-0.39, 0.29) is 23.7 Å². The molecule has 1 unspecified atom stereocenters. The summed E-state index contributed by atoms with van der Waals surface area (Å²) >= 11 is 0. The van der Waals surface area contributed by atoms with Gasteiger partial charge >= 0.3 is 12.1 Å². The predicted octanol–water partition coefficient (Wildman–Crippen LogP) is 3.06. The lowest BCUT2D eigenvalue weighted by atomic mass is 9.89. The molecule has 0 saturated carbocycles. The lowest BCUT2D eigenvalue weighted by molar-refractivity contribution is -0.140. The van der Waals surface area contributed by atoms with Gasteiger partial charge in [0.1, 0.15) is 6.10 Å². The lowest BCUT2D eigenvalue weighted by Crippen LogP contribution is -2.49. The van der Waals surface area contributed by atoms with Gasteiger partial charge in [-0.3, -0.25) is 14.6 Å². The molecule has 1 amide bonds. The van der Waals surface area contributed by atoms with Gasteiger partial charge in [-0.2, -0.15) is 0 Å². The molecule has 0 spiro atoms. The first kappa shape index (κ1) is 27.2. The molecule has 8 nitrogen and oxygen atoms in total. The number of likely N-dealkylation sites (tertiary alicyclic amines) is 1. The van der Waals surface area contributed by atoms with Crippen molar-refractivity contribution >= 4 is 12.1 Å². The zero-order valence-electron chi connectivity index (χ0n) is 22.1. The Hall–Kier alpha value is -1.38. The van der Waals surface area contributed by atoms with Crippen molar-refractivity contribution < 1.29 is 19.1 Å². The first-order chi connectivity index (χ1) is 16.2. The van der Waals surface area contributed by atoms with Crippen LogP contribution in [0.4, 0.5) is 4.79 Å². The number of unbranched alkanes of at least 4 members (excludes halogenated alkanes) is 1. The van der Waals surface area contributed by atoms with E-state index in [1.165, 1.54) is 45.9 Å². The second-order valence-electron chi connectivity index (χ2n) is 11.4. The highest BCUT2D eigenvalue weighted by Crippen LogP contribution is 2.27. The summed E-state index contributed by atoms with van der Waals surface area (Å²) < 4.78 is 10.4. The SMILES string of the molecule is COC(=O)CCCN1CCN(CC2CN(CCCCC3CCN(C(C)(C)C)CC3)C(=O)O2)CC1. The molecule has 3 rings (SSSR count). The van der Waals surface area contributed by atoms with Crippen LogP contribution in [-0.2, 0) is 14.3 Å². The first-order valence-electron chi connectivity index (χ1n) is 13.5. The molecule has 0 aromatic carbocycles. The maximum Gasteiger partial charge on any atom is 0.410 e. The molecule has 0 radical (unpaired) electrons. The van der Waals surface area contributed by atoms with Gasteiger partial charge < -0.3 is 19.3 Å². The van der Waals surface area contributed by atoms with Gasteiger partial charge in [0, 0.05) is 51.2 Å². The van der Waals surface area contributed by atoms with E-state index in [0.29, 0.717) is 6.42 Å². The molecule has 3 aliphatic heterocycles. The number of methoxy groups -OCH3 is 1. The fraction of sp³-hybridized carbons (Fsp3) is 0.923. The van der Waals surface area contributed by atoms with Crippen molar-refractivity contribution in [2.24, 2.45) is 5.92 Å². The molecule has 3 fully saturated rings. The van der Waals surface area contributed by atoms with E-state index in [1.54, 1.807) is 0 Å². The minimum atomic E-state index is -0.134. The monoisotopic (exact) mass is 480 g/mol. The molecule has 3 heterocycles. The lowest BCUT2D eigenvalue weighted by Gasteiger charge is -2.41. The van der Waals surface area contributed by atoms with Crippen LogP contribution in [-0.4, -0.2) is 116 Å². The Balaban J connectivity index is 1.24. The Morgan fingerprint density at radius 3 is 2.29 bits per heavy atom. The number of amides is 1. The highest BCUT2D eigenvalue weighted by molar-refractivity contribution is 5.70. The van der Waals surface area contributed by atoms with Crippen LogP contribution in [0.15, 0.2) is 0 Å². The van der Waals surface area contributed by atoms with Crippen molar-refractivity contribution in [2.75, 3.05) is 72.6 Å². The number of esters is 1. The van der Waals surface area contributed by atoms with E-state index in [1.807, 2.05) is 4.90 Å². The summed E-state index contributed by atoms with van der Waals surface area (Å²) in [6.07, 6.45) is 7.36. The third-order valence-electron chi connectivity index (χ3n) is 7.81. The van der Waals surface area contributed by atoms with Crippen LogP contribution in [0.2, 0.25) is 0 Å². The standard InChI is InChI=1S/C26H48N4O4/c1-26(2,3)30-14-10-22(11-15-30)8-5-6-13-29-21-23(34-25(29)32)20-28-18-16-27(17-19-28)12-7-9-24(31)33-4/h22-23H,5-21H2,1-4H3. The minimum Gasteiger partial charge on any atom is -0.469 e. The van der Waals surface area contributed by atoms with Gasteiger partial charge in [0.05, 0.1) is 13.7 Å². The number of piperazine rings is 1. The molecule has 3 aliphatic rings. The molecule has 0 aliphatic carbocycles. The normalized spacial score (nSPS) is 23.9. The van der Waals surface area contributed by atoms with Crippen LogP contribution in [0.25, 0.3) is 0 Å². The van der Waals surface area contributed by atoms with Gasteiger partial charge in [0.25, 0.3) is 0 Å². The van der Waals surface area contributed by atoms with E-state index >= 15 is 0 Å². The molecular weight excluding hydrogens is 432 g/mol. The zero-order valence-corrected chi connectivity index (χ0v) is 22.1. The quantitative estimate of drug-likeness (QED) is 0.333. The highest BCUT2D eigenvalue weighted by Gasteiger charge is 2.33. The number of cyclic esters (lactones) is 1. The predicted molar refractivity (Wildman–Crippen MR) is 134 cm³/mol. The fourth-order valence-corrected chi connectivity index (χ4v) is 5.51. The minimum absolute atomic E-state index is 0.0138. The number of piperidine rings is 1. The average molecular weight is 481 g/mol. The van der Waals surface area contributed by atoms with Crippen LogP contribution in [0.5, 0.6) is 0 Å². The van der Waals surface area contributed by atoms with Crippen LogP contribution in [0, 0.1) is 5.92 Å². The van der Waals surface area contributed by atoms with Gasteiger partial charge in [0.2, 0.25) is 0 Å². The van der Waals surface area contributed by atoms with Crippen molar-refractivity contribution in [2.45, 2.75) is 77.4 Å². The number of ether oxygens (including phenoxy) is 2. The summed E-state index contributed by atoms with van der Waals surface area (Å²) in [6.45, 7) is 16.7. The molecule has 34 heavy (non-hydrogen) atoms. The second-order valence-corrected chi connectivity index (χ2v) is 11.4. The summed E-state index contributed by atoms with van der Waals surface area (Å²) in [5, 5.41) is 0. The summed E-state index contributed by atoms with van der Waals surface area (Å²) in [4.78, 5) is 32.9. The average Bonchev–Trinajstić information content (AvgIpc) is 3.16. The van der Waals surface area contributed by atoms with E-state index in [9.17, 15) is 9.59 Å². The molecule has 1 atom stereocenters. The molecule has 8 heteroatoms. The van der Waals surface area contributed by atoms with Gasteiger partial charge in [-0.05, 0) is 72.0 Å². The van der Waals surface area contributed by atoms with Crippen LogP contribution >= 0.6 is 0 Å². The third kappa shape index (κ3) is 8.68. The molecule has 0 aromatic rings. The van der Waals surface area contributed by atoms with E-state index in [2.05, 4.69) is 35.5 Å². The van der Waals surface area contributed by atoms with Crippen LogP contribution < -0.4 is 0 Å². The summed E-state index contributed by atoms with van der Waals surface area (Å²) in [6, 6.07) is 0. The fourth-order valence-electron chi connectivity index (χ4n) is 5.51. The molecule has 0 N–H and O–H groups in total. The number of rotatable bonds is 11. The largest absolute Gasteiger partial charge is 0.469 e. The Morgan fingerprint density at radius 2 is 1.65 bits per heavy atom. The topological polar surface area (TPSA) is 65.6 Å². The Kier molecular flexibility index (Phi) is 10.5. The Morgan fingerprint density at radius 1 is 0.971 bits per heavy atom. The zero-order chi connectivity index (χ0) is 24.6. The first-order valence-corrected chi connectivity index (χ1v) is 13.5. The number of carbonyl (C=O) groups excluding carboxylic acids is 2. The molecule has 0 bridgehead atoms. The smallest absolute Gasteiger partial charge is 0.410 e. The Labute approximate surface area is 206 Å². The van der Waals surface area contributed by atoms with Crippen molar-refractivity contribution in [3.05, 3.63) is 0 Å². The van der Waals surface area contributed by atoms with Crippen molar-refractivity contribution in [1.82, 2.24) is 19.6 Å². The molecule has 3 saturated heterocycles. The summed E-state index contributed by atoms with van der Waals surface area (Å²) in [5.41, 5.74) is 0.289. The maximum absolute atomic E-state index is 12.3. The molecule has 196 valence electrons. The van der Waals surface area contributed by atoms with Crippen LogP contribution in [0.3, 0.4) is 0 Å². The van der Waals surface area contributed by atoms with Crippen molar-refractivity contribution in [1.29, 1.82) is 0 Å². The maximum atomic E-state index is 12.3. The Bertz CT molecular complexity index is 637. The molecule has 0 aromatic heterocycles. The van der Waals surface area contributed by atoms with E-state index < -0.39 is 0 Å². The van der Waals surface area contributed by atoms with E-state index in [0.717, 1.165) is 71.1 Å². The third-order valence-corrected chi connectivity index (χ3v) is 7.81. The number of nitrogens with zero attached hydrogens (tertiary/aromatic N) is 4. The summed E-state index contributed by atoms with van der Waals surface area (Å²) in [5.74, 6) is 0.712. The summed E-state index contributed by atoms with van der Waals surface area (Å²) in [7, 11) is 1.44. The number of carbonyl (C=O) groups is 2. The highest BCUT2D eigenvalue weighted by atomic mass is 16.6. The second kappa shape index (κ2) is 13.1. The van der Waals surface area contributed by atoms with Gasteiger partial charge in [0.15, 0.2) is 0 Å². The van der Waals surface area contributed by atoms with E-state index in [4.69, 9.17) is 9.47 Å². The molecular formula is C26H48N4O4. The van der Waals surface area contributed by atoms with Gasteiger partial charge in [-0.15, -0.1) is 0 Å². The number of hydrogen-bond acceptors (Lipinski definition) is 7. The van der Waals surface area contributed by atoms with Crippen molar-refractivity contribution in [3.8, 4) is 0 Å². The van der Waals surface area contributed by atoms with Gasteiger partial charge in [-0.25, -0.2) is 4.79 Å². The van der Waals surface area contributed by atoms with Crippen molar-refractivity contribution in [3.63, 3.8) is 0 Å².